The molecule has 5 aromatic rings. The van der Waals surface area contributed by atoms with E-state index in [4.69, 9.17) is 30.5 Å². The Bertz CT molecular complexity index is 1830. The van der Waals surface area contributed by atoms with Crippen molar-refractivity contribution in [1.29, 1.82) is 0 Å². The Balaban J connectivity index is 1.58. The van der Waals surface area contributed by atoms with Gasteiger partial charge in [-0.25, -0.2) is 14.8 Å². The van der Waals surface area contributed by atoms with Gasteiger partial charge < -0.3 is 18.9 Å². The molecule has 0 bridgehead atoms. The van der Waals surface area contributed by atoms with Crippen LogP contribution < -0.4 is 19.9 Å². The van der Waals surface area contributed by atoms with Gasteiger partial charge in [0.25, 0.3) is 0 Å². The van der Waals surface area contributed by atoms with Crippen molar-refractivity contribution >= 4 is 22.4 Å². The minimum absolute atomic E-state index is 0.0328. The summed E-state index contributed by atoms with van der Waals surface area (Å²) in [5, 5.41) is 5.06. The Labute approximate surface area is 254 Å². The van der Waals surface area contributed by atoms with E-state index >= 15 is 0 Å². The van der Waals surface area contributed by atoms with Crippen LogP contribution in [0.15, 0.2) is 71.8 Å². The highest BCUT2D eigenvalue weighted by atomic mass is 35.5. The zero-order valence-electron chi connectivity index (χ0n) is 23.8. The highest BCUT2D eigenvalue weighted by Gasteiger charge is 2.38. The number of hydrogen-bond donors (Lipinski definition) is 0. The van der Waals surface area contributed by atoms with Gasteiger partial charge in [0.1, 0.15) is 17.4 Å². The van der Waals surface area contributed by atoms with Gasteiger partial charge in [-0.1, -0.05) is 41.9 Å². The molecule has 0 amide bonds. The number of halogens is 4. The van der Waals surface area contributed by atoms with E-state index in [2.05, 4.69) is 15.1 Å². The minimum atomic E-state index is -4.68. The van der Waals surface area contributed by atoms with Crippen LogP contribution in [0.5, 0.6) is 23.3 Å². The fourth-order valence-corrected chi connectivity index (χ4v) is 4.48. The van der Waals surface area contributed by atoms with Crippen molar-refractivity contribution in [2.24, 2.45) is 0 Å². The lowest BCUT2D eigenvalue weighted by atomic mass is 10.1. The highest BCUT2D eigenvalue weighted by molar-refractivity contribution is 6.32. The largest absolute Gasteiger partial charge is 0.481 e. The van der Waals surface area contributed by atoms with Crippen molar-refractivity contribution in [3.63, 3.8) is 0 Å². The van der Waals surface area contributed by atoms with Gasteiger partial charge >= 0.3 is 11.9 Å². The lowest BCUT2D eigenvalue weighted by Crippen LogP contribution is -2.31. The summed E-state index contributed by atoms with van der Waals surface area (Å²) in [6.07, 6.45) is -4.18. The molecular formula is C30H27ClF3N5O5. The molecule has 0 aliphatic carbocycles. The molecule has 230 valence electrons. The molecule has 0 radical (unpaired) electrons. The van der Waals surface area contributed by atoms with Gasteiger partial charge in [-0.15, -0.1) is 5.10 Å². The number of hydrogen-bond acceptors (Lipinski definition) is 8. The second-order valence-corrected chi connectivity index (χ2v) is 9.96. The average Bonchev–Trinajstić information content (AvgIpc) is 3.32. The fourth-order valence-electron chi connectivity index (χ4n) is 4.34. The summed E-state index contributed by atoms with van der Waals surface area (Å²) in [5.41, 5.74) is 0.621. The molecule has 0 saturated carbocycles. The number of alkyl halides is 3. The number of pyridine rings is 2. The van der Waals surface area contributed by atoms with Crippen LogP contribution in [0.25, 0.3) is 16.5 Å². The fraction of sp³-hybridized carbons (Fsp3) is 0.267. The summed E-state index contributed by atoms with van der Waals surface area (Å²) in [5.74, 6) is 0.330. The van der Waals surface area contributed by atoms with Crippen molar-refractivity contribution in [3.8, 4) is 28.9 Å². The van der Waals surface area contributed by atoms with Crippen molar-refractivity contribution in [3.05, 3.63) is 93.9 Å². The molecule has 5 rings (SSSR count). The summed E-state index contributed by atoms with van der Waals surface area (Å²) in [4.78, 5) is 21.6. The third-order valence-electron chi connectivity index (χ3n) is 6.60. The average molecular weight is 630 g/mol. The summed E-state index contributed by atoms with van der Waals surface area (Å²) in [7, 11) is 1.41. The normalized spacial score (nSPS) is 12.3. The van der Waals surface area contributed by atoms with E-state index in [1.165, 1.54) is 36.2 Å². The number of nitrogens with zero attached hydrogens (tertiary/aromatic N) is 5. The molecule has 10 nitrogen and oxygen atoms in total. The van der Waals surface area contributed by atoms with Crippen LogP contribution in [0, 0.1) is 0 Å². The lowest BCUT2D eigenvalue weighted by Gasteiger charge is -2.20. The van der Waals surface area contributed by atoms with Crippen molar-refractivity contribution < 1.29 is 32.1 Å². The van der Waals surface area contributed by atoms with Crippen LogP contribution >= 0.6 is 11.6 Å². The number of aromatic nitrogens is 5. The van der Waals surface area contributed by atoms with Crippen LogP contribution in [0.4, 0.5) is 13.2 Å². The molecule has 14 heteroatoms. The highest BCUT2D eigenvalue weighted by Crippen LogP contribution is 2.40. The van der Waals surface area contributed by atoms with Gasteiger partial charge in [0.2, 0.25) is 11.8 Å². The van der Waals surface area contributed by atoms with Gasteiger partial charge in [0.15, 0.2) is 17.7 Å². The predicted octanol–water partition coefficient (Wildman–Crippen LogP) is 6.50. The third kappa shape index (κ3) is 6.63. The maximum absolute atomic E-state index is 13.7. The third-order valence-corrected chi connectivity index (χ3v) is 6.88. The molecule has 3 heterocycles. The molecule has 2 aromatic carbocycles. The Morgan fingerprint density at radius 1 is 1.02 bits per heavy atom. The van der Waals surface area contributed by atoms with Crippen molar-refractivity contribution in [2.75, 3.05) is 7.11 Å². The zero-order chi connectivity index (χ0) is 31.4. The molecule has 0 spiro atoms. The summed E-state index contributed by atoms with van der Waals surface area (Å²) >= 11 is 6.25. The summed E-state index contributed by atoms with van der Waals surface area (Å²) in [6, 6.07) is 15.3. The van der Waals surface area contributed by atoms with Gasteiger partial charge in [-0.2, -0.15) is 17.9 Å². The quantitative estimate of drug-likeness (QED) is 0.163. The van der Waals surface area contributed by atoms with Gasteiger partial charge in [-0.05, 0) is 36.9 Å². The van der Waals surface area contributed by atoms with Crippen LogP contribution in [-0.4, -0.2) is 43.7 Å². The number of rotatable bonds is 11. The topological polar surface area (TPSA) is 103 Å². The van der Waals surface area contributed by atoms with E-state index < -0.39 is 18.0 Å². The molecule has 3 aromatic heterocycles. The van der Waals surface area contributed by atoms with Gasteiger partial charge in [0.05, 0.1) is 31.0 Å². The second kappa shape index (κ2) is 12.9. The van der Waals surface area contributed by atoms with E-state index in [0.717, 1.165) is 17.2 Å². The molecule has 0 N–H and O–H groups in total. The summed E-state index contributed by atoms with van der Waals surface area (Å²) in [6.45, 7) is 3.29. The smallest absolute Gasteiger partial charge is 0.425 e. The Morgan fingerprint density at radius 2 is 1.80 bits per heavy atom. The molecule has 0 saturated heterocycles. The van der Waals surface area contributed by atoms with E-state index in [1.807, 2.05) is 30.3 Å². The van der Waals surface area contributed by atoms with Crippen molar-refractivity contribution in [1.82, 2.24) is 24.3 Å². The maximum Gasteiger partial charge on any atom is 0.425 e. The SMILES string of the molecule is CCn1c(COCc2ccccc2)nn(-c2cc(OC(C)C(F)(F)F)c3c(Oc4cc(OC)ncc4Cl)nccc3c2)c1=O. The van der Waals surface area contributed by atoms with Gasteiger partial charge in [0, 0.05) is 24.9 Å². The molecule has 1 unspecified atom stereocenters. The Hall–Kier alpha value is -4.62. The van der Waals surface area contributed by atoms with E-state index in [-0.39, 0.29) is 46.0 Å². The lowest BCUT2D eigenvalue weighted by molar-refractivity contribution is -0.189. The zero-order valence-corrected chi connectivity index (χ0v) is 24.6. The first-order valence-corrected chi connectivity index (χ1v) is 13.8. The summed E-state index contributed by atoms with van der Waals surface area (Å²) < 4.78 is 65.8. The maximum atomic E-state index is 13.7. The van der Waals surface area contributed by atoms with Gasteiger partial charge in [-0.3, -0.25) is 4.57 Å². The molecule has 0 aliphatic rings. The van der Waals surface area contributed by atoms with E-state index in [1.54, 1.807) is 19.1 Å². The second-order valence-electron chi connectivity index (χ2n) is 9.55. The minimum Gasteiger partial charge on any atom is -0.481 e. The Morgan fingerprint density at radius 3 is 2.50 bits per heavy atom. The van der Waals surface area contributed by atoms with Crippen molar-refractivity contribution in [2.45, 2.75) is 45.9 Å². The van der Waals surface area contributed by atoms with Crippen LogP contribution in [-0.2, 0) is 24.5 Å². The molecule has 0 fully saturated rings. The predicted molar refractivity (Wildman–Crippen MR) is 156 cm³/mol. The molecule has 44 heavy (non-hydrogen) atoms. The standard InChI is InChI=1S/C30H27ClF3N5O5/c1-4-38-25(17-42-16-19-8-6-5-7-9-19)37-39(29(38)40)21-12-20-10-11-35-28(44-23-14-26(41-3)36-15-22(23)31)27(20)24(13-21)43-18(2)30(32,33)34/h5-15,18H,4,16-17H2,1-3H3. The van der Waals surface area contributed by atoms with Crippen LogP contribution in [0.2, 0.25) is 5.02 Å². The number of fused-ring (bicyclic) bond motifs is 1. The first-order valence-electron chi connectivity index (χ1n) is 13.4. The van der Waals surface area contributed by atoms with E-state index in [9.17, 15) is 18.0 Å². The molecular weight excluding hydrogens is 603 g/mol. The first kappa shape index (κ1) is 30.8. The monoisotopic (exact) mass is 629 g/mol. The number of benzene rings is 2. The van der Waals surface area contributed by atoms with Crippen LogP contribution in [0.3, 0.4) is 0 Å². The molecule has 1 atom stereocenters. The van der Waals surface area contributed by atoms with Crippen LogP contribution in [0.1, 0.15) is 25.2 Å². The number of methoxy groups -OCH3 is 1. The first-order chi connectivity index (χ1) is 21.1. The Kier molecular flexibility index (Phi) is 9.06. The molecule has 0 aliphatic heterocycles. The van der Waals surface area contributed by atoms with E-state index in [0.29, 0.717) is 24.4 Å². The number of ether oxygens (including phenoxy) is 4.